The minimum Gasteiger partial charge on any atom is -0.383 e. The van der Waals surface area contributed by atoms with Gasteiger partial charge in [-0.1, -0.05) is 45.4 Å². The maximum Gasteiger partial charge on any atom is 0.262 e. The Balaban J connectivity index is 1.75. The second-order valence-electron chi connectivity index (χ2n) is 6.40. The highest BCUT2D eigenvalue weighted by Gasteiger charge is 2.14. The molecule has 148 valence electrons. The van der Waals surface area contributed by atoms with Crippen LogP contribution in [0.15, 0.2) is 63.1 Å². The topological polar surface area (TPSA) is 57.0 Å². The fourth-order valence-corrected chi connectivity index (χ4v) is 4.70. The van der Waals surface area contributed by atoms with Crippen LogP contribution in [-0.2, 0) is 17.0 Å². The number of fused-ring (bicyclic) bond motifs is 2. The second-order valence-corrected chi connectivity index (χ2v) is 8.67. The number of halogens is 2. The fourth-order valence-electron chi connectivity index (χ4n) is 3.12. The molecule has 0 bridgehead atoms. The van der Waals surface area contributed by atoms with Gasteiger partial charge in [0.1, 0.15) is 0 Å². The number of ether oxygens (including phenoxy) is 1. The molecule has 0 unspecified atom stereocenters. The maximum atomic E-state index is 13.1. The van der Waals surface area contributed by atoms with E-state index in [2.05, 4.69) is 20.9 Å². The number of benzene rings is 2. The van der Waals surface area contributed by atoms with E-state index in [1.165, 1.54) is 11.8 Å². The van der Waals surface area contributed by atoms with Gasteiger partial charge in [0.2, 0.25) is 0 Å². The Morgan fingerprint density at radius 3 is 2.90 bits per heavy atom. The van der Waals surface area contributed by atoms with Crippen molar-refractivity contribution in [3.8, 4) is 0 Å². The third-order valence-corrected chi connectivity index (χ3v) is 6.41. The largest absolute Gasteiger partial charge is 0.383 e. The molecule has 4 aromatic rings. The summed E-state index contributed by atoms with van der Waals surface area (Å²) in [5.74, 6) is 0.617. The normalized spacial score (nSPS) is 11.4. The van der Waals surface area contributed by atoms with E-state index in [-0.39, 0.29) is 5.56 Å². The van der Waals surface area contributed by atoms with Crippen LogP contribution in [0.25, 0.3) is 21.8 Å². The first-order valence-corrected chi connectivity index (χ1v) is 11.1. The lowest BCUT2D eigenvalue weighted by Crippen LogP contribution is -2.25. The lowest BCUT2D eigenvalue weighted by molar-refractivity contribution is 0.183. The van der Waals surface area contributed by atoms with Crippen LogP contribution >= 0.6 is 39.3 Å². The van der Waals surface area contributed by atoms with Crippen LogP contribution in [-0.4, -0.2) is 28.3 Å². The fraction of sp³-hybridized carbons (Fsp3) is 0.190. The summed E-state index contributed by atoms with van der Waals surface area (Å²) in [6.45, 7) is 0.868. The molecule has 0 aliphatic carbocycles. The molecule has 0 radical (unpaired) electrons. The molecule has 0 N–H and O–H groups in total. The Morgan fingerprint density at radius 1 is 1.21 bits per heavy atom. The first-order chi connectivity index (χ1) is 14.1. The van der Waals surface area contributed by atoms with Crippen LogP contribution in [0.4, 0.5) is 0 Å². The van der Waals surface area contributed by atoms with Gasteiger partial charge in [0.25, 0.3) is 5.56 Å². The summed E-state index contributed by atoms with van der Waals surface area (Å²) in [4.78, 5) is 22.3. The molecule has 5 nitrogen and oxygen atoms in total. The summed E-state index contributed by atoms with van der Waals surface area (Å²) >= 11 is 11.2. The van der Waals surface area contributed by atoms with Crippen molar-refractivity contribution in [2.75, 3.05) is 13.7 Å². The number of aromatic nitrogens is 3. The van der Waals surface area contributed by atoms with Crippen molar-refractivity contribution in [2.45, 2.75) is 17.5 Å². The molecule has 4 rings (SSSR count). The van der Waals surface area contributed by atoms with Gasteiger partial charge >= 0.3 is 0 Å². The van der Waals surface area contributed by atoms with E-state index < -0.39 is 0 Å². The summed E-state index contributed by atoms with van der Waals surface area (Å²) in [6, 6.07) is 13.2. The molecule has 29 heavy (non-hydrogen) atoms. The third-order valence-electron chi connectivity index (χ3n) is 4.56. The summed E-state index contributed by atoms with van der Waals surface area (Å²) in [5.41, 5.74) is 2.50. The summed E-state index contributed by atoms with van der Waals surface area (Å²) in [7, 11) is 1.62. The molecule has 0 aliphatic rings. The van der Waals surface area contributed by atoms with Gasteiger partial charge in [-0.25, -0.2) is 4.98 Å². The van der Waals surface area contributed by atoms with Crippen molar-refractivity contribution in [3.63, 3.8) is 0 Å². The minimum atomic E-state index is -0.0741. The molecule has 2 aromatic carbocycles. The Kier molecular flexibility index (Phi) is 6.20. The standard InChI is InChI=1S/C21H17BrClN3O2S/c1-28-10-9-26-20(27)16-11-14(22)5-7-18(16)25-21(26)29-12-13-4-6-17(23)15-3-2-8-24-19(13)15/h2-8,11H,9-10,12H2,1H3. The summed E-state index contributed by atoms with van der Waals surface area (Å²) < 4.78 is 7.72. The minimum absolute atomic E-state index is 0.0741. The zero-order valence-electron chi connectivity index (χ0n) is 15.6. The lowest BCUT2D eigenvalue weighted by atomic mass is 10.1. The Hall–Kier alpha value is -1.93. The number of methoxy groups -OCH3 is 1. The molecule has 0 atom stereocenters. The monoisotopic (exact) mass is 489 g/mol. The molecule has 0 aliphatic heterocycles. The molecule has 0 saturated carbocycles. The van der Waals surface area contributed by atoms with E-state index in [9.17, 15) is 4.79 Å². The van der Waals surface area contributed by atoms with E-state index >= 15 is 0 Å². The SMILES string of the molecule is COCCn1c(SCc2ccc(Cl)c3cccnc23)nc2ccc(Br)cc2c1=O. The van der Waals surface area contributed by atoms with Crippen molar-refractivity contribution >= 4 is 61.1 Å². The van der Waals surface area contributed by atoms with Crippen LogP contribution in [0.1, 0.15) is 5.56 Å². The van der Waals surface area contributed by atoms with E-state index in [1.54, 1.807) is 23.9 Å². The van der Waals surface area contributed by atoms with E-state index in [0.717, 1.165) is 20.9 Å². The van der Waals surface area contributed by atoms with Crippen LogP contribution in [0.3, 0.4) is 0 Å². The quantitative estimate of drug-likeness (QED) is 0.271. The summed E-state index contributed by atoms with van der Waals surface area (Å²) in [6.07, 6.45) is 1.76. The first-order valence-electron chi connectivity index (χ1n) is 8.92. The molecule has 0 saturated heterocycles. The number of nitrogens with zero attached hydrogens (tertiary/aromatic N) is 3. The van der Waals surface area contributed by atoms with Crippen molar-refractivity contribution in [2.24, 2.45) is 0 Å². The number of thioether (sulfide) groups is 1. The van der Waals surface area contributed by atoms with Gasteiger partial charge in [-0.15, -0.1) is 0 Å². The van der Waals surface area contributed by atoms with Gasteiger partial charge < -0.3 is 4.74 Å². The van der Waals surface area contributed by atoms with Crippen molar-refractivity contribution < 1.29 is 4.74 Å². The van der Waals surface area contributed by atoms with Gasteiger partial charge in [-0.05, 0) is 42.0 Å². The molecule has 2 heterocycles. The Labute approximate surface area is 185 Å². The number of rotatable bonds is 6. The van der Waals surface area contributed by atoms with Gasteiger partial charge in [0.15, 0.2) is 5.16 Å². The molecule has 0 spiro atoms. The number of pyridine rings is 1. The number of hydrogen-bond acceptors (Lipinski definition) is 5. The molecule has 0 amide bonds. The smallest absolute Gasteiger partial charge is 0.262 e. The predicted octanol–water partition coefficient (Wildman–Crippen LogP) is 5.30. The third kappa shape index (κ3) is 4.19. The number of hydrogen-bond donors (Lipinski definition) is 0. The van der Waals surface area contributed by atoms with E-state index in [0.29, 0.717) is 40.0 Å². The molecule has 8 heteroatoms. The van der Waals surface area contributed by atoms with Crippen molar-refractivity contribution in [1.82, 2.24) is 14.5 Å². The highest BCUT2D eigenvalue weighted by molar-refractivity contribution is 9.10. The molecule has 0 fully saturated rings. The lowest BCUT2D eigenvalue weighted by Gasteiger charge is -2.13. The van der Waals surface area contributed by atoms with Gasteiger partial charge in [-0.2, -0.15) is 0 Å². The Bertz CT molecular complexity index is 1260. The first kappa shape index (κ1) is 20.3. The second kappa shape index (κ2) is 8.83. The summed E-state index contributed by atoms with van der Waals surface area (Å²) in [5, 5.41) is 2.83. The predicted molar refractivity (Wildman–Crippen MR) is 122 cm³/mol. The maximum absolute atomic E-state index is 13.1. The van der Waals surface area contributed by atoms with Crippen LogP contribution in [0.2, 0.25) is 5.02 Å². The van der Waals surface area contributed by atoms with Crippen LogP contribution < -0.4 is 5.56 Å². The Morgan fingerprint density at radius 2 is 2.07 bits per heavy atom. The van der Waals surface area contributed by atoms with Gasteiger partial charge in [0, 0.05) is 33.9 Å². The van der Waals surface area contributed by atoms with E-state index in [1.807, 2.05) is 36.4 Å². The van der Waals surface area contributed by atoms with Gasteiger partial charge in [0.05, 0.1) is 29.6 Å². The zero-order chi connectivity index (χ0) is 20.4. The molecule has 2 aromatic heterocycles. The van der Waals surface area contributed by atoms with Gasteiger partial charge in [-0.3, -0.25) is 14.3 Å². The van der Waals surface area contributed by atoms with Crippen LogP contribution in [0.5, 0.6) is 0 Å². The highest BCUT2D eigenvalue weighted by atomic mass is 79.9. The molecular weight excluding hydrogens is 474 g/mol. The zero-order valence-corrected chi connectivity index (χ0v) is 18.7. The highest BCUT2D eigenvalue weighted by Crippen LogP contribution is 2.29. The average molecular weight is 491 g/mol. The van der Waals surface area contributed by atoms with Crippen LogP contribution in [0, 0.1) is 0 Å². The van der Waals surface area contributed by atoms with Crippen molar-refractivity contribution in [1.29, 1.82) is 0 Å². The molecular formula is C21H17BrClN3O2S. The average Bonchev–Trinajstić information content (AvgIpc) is 2.73. The van der Waals surface area contributed by atoms with E-state index in [4.69, 9.17) is 21.3 Å². The van der Waals surface area contributed by atoms with Crippen molar-refractivity contribution in [3.05, 3.63) is 74.1 Å².